The average molecular weight is 429 g/mol. The molecule has 31 heavy (non-hydrogen) atoms. The standard InChI is InChI=1S/C23H20N6OS/c30-23(25-7-4-9-28-10-8-24-16-28)21-11-18(15-31-21)19-12-26-22-20(13-27-29(22)14-19)17-5-2-1-3-6-17/h1-3,5-6,8,10-16H,4,7,9H2,(H,25,30). The molecular weight excluding hydrogens is 408 g/mol. The van der Waals surface area contributed by atoms with Crippen LogP contribution in [0.4, 0.5) is 0 Å². The van der Waals surface area contributed by atoms with Crippen molar-refractivity contribution in [3.63, 3.8) is 0 Å². The van der Waals surface area contributed by atoms with Crippen molar-refractivity contribution in [2.45, 2.75) is 13.0 Å². The Morgan fingerprint density at radius 3 is 2.84 bits per heavy atom. The quantitative estimate of drug-likeness (QED) is 0.395. The number of fused-ring (bicyclic) bond motifs is 1. The average Bonchev–Trinajstić information content (AvgIpc) is 3.57. The summed E-state index contributed by atoms with van der Waals surface area (Å²) in [5.41, 5.74) is 4.76. The molecule has 1 aromatic carbocycles. The van der Waals surface area contributed by atoms with E-state index >= 15 is 0 Å². The van der Waals surface area contributed by atoms with Gasteiger partial charge in [0, 0.05) is 49.0 Å². The van der Waals surface area contributed by atoms with Crippen LogP contribution >= 0.6 is 11.3 Å². The van der Waals surface area contributed by atoms with Crippen molar-refractivity contribution in [1.29, 1.82) is 0 Å². The van der Waals surface area contributed by atoms with Crippen LogP contribution in [0.5, 0.6) is 0 Å². The number of hydrogen-bond acceptors (Lipinski definition) is 5. The Bertz CT molecular complexity index is 1310. The molecule has 5 aromatic rings. The number of carbonyl (C=O) groups excluding carboxylic acids is 1. The van der Waals surface area contributed by atoms with Crippen molar-refractivity contribution >= 4 is 22.9 Å². The zero-order valence-corrected chi connectivity index (χ0v) is 17.5. The summed E-state index contributed by atoms with van der Waals surface area (Å²) in [6, 6.07) is 12.0. The topological polar surface area (TPSA) is 77.1 Å². The Kier molecular flexibility index (Phi) is 5.28. The maximum Gasteiger partial charge on any atom is 0.261 e. The molecule has 0 spiro atoms. The second-order valence-electron chi connectivity index (χ2n) is 7.14. The van der Waals surface area contributed by atoms with Crippen molar-refractivity contribution in [3.8, 4) is 22.3 Å². The first kappa shape index (κ1) is 19.2. The van der Waals surface area contributed by atoms with E-state index in [2.05, 4.69) is 20.4 Å². The SMILES string of the molecule is O=C(NCCCn1ccnc1)c1cc(-c2cnc3c(-c4ccccc4)cnn3c2)cs1. The lowest BCUT2D eigenvalue weighted by atomic mass is 10.1. The number of aryl methyl sites for hydroxylation is 1. The molecule has 1 amide bonds. The number of hydrogen-bond donors (Lipinski definition) is 1. The fourth-order valence-electron chi connectivity index (χ4n) is 3.42. The van der Waals surface area contributed by atoms with Gasteiger partial charge in [0.1, 0.15) is 0 Å². The molecule has 0 bridgehead atoms. The van der Waals surface area contributed by atoms with E-state index in [-0.39, 0.29) is 5.91 Å². The summed E-state index contributed by atoms with van der Waals surface area (Å²) < 4.78 is 3.78. The lowest BCUT2D eigenvalue weighted by molar-refractivity contribution is 0.0957. The summed E-state index contributed by atoms with van der Waals surface area (Å²) in [4.78, 5) is 21.8. The van der Waals surface area contributed by atoms with E-state index in [0.29, 0.717) is 11.4 Å². The van der Waals surface area contributed by atoms with E-state index in [1.165, 1.54) is 11.3 Å². The number of amides is 1. The predicted octanol–water partition coefficient (Wildman–Crippen LogP) is 4.14. The Labute approximate surface area is 183 Å². The van der Waals surface area contributed by atoms with Crippen LogP contribution in [0, 0.1) is 0 Å². The smallest absolute Gasteiger partial charge is 0.261 e. The van der Waals surface area contributed by atoms with Gasteiger partial charge in [-0.1, -0.05) is 30.3 Å². The highest BCUT2D eigenvalue weighted by Crippen LogP contribution is 2.28. The zero-order valence-electron chi connectivity index (χ0n) is 16.7. The van der Waals surface area contributed by atoms with Gasteiger partial charge in [0.15, 0.2) is 5.65 Å². The third-order valence-corrected chi connectivity index (χ3v) is 5.96. The Morgan fingerprint density at radius 2 is 2.00 bits per heavy atom. The Balaban J connectivity index is 1.27. The molecule has 7 nitrogen and oxygen atoms in total. The lowest BCUT2D eigenvalue weighted by Crippen LogP contribution is -2.24. The second-order valence-corrected chi connectivity index (χ2v) is 8.06. The third kappa shape index (κ3) is 4.10. The minimum atomic E-state index is -0.0543. The van der Waals surface area contributed by atoms with E-state index in [1.807, 2.05) is 71.1 Å². The van der Waals surface area contributed by atoms with E-state index in [1.54, 1.807) is 17.0 Å². The molecule has 0 aliphatic rings. The van der Waals surface area contributed by atoms with Gasteiger partial charge in [0.05, 0.1) is 17.4 Å². The van der Waals surface area contributed by atoms with Gasteiger partial charge in [-0.25, -0.2) is 14.5 Å². The maximum atomic E-state index is 12.5. The van der Waals surface area contributed by atoms with Crippen LogP contribution in [-0.2, 0) is 6.54 Å². The second kappa shape index (κ2) is 8.53. The number of nitrogens with zero attached hydrogens (tertiary/aromatic N) is 5. The number of nitrogens with one attached hydrogen (secondary N) is 1. The molecule has 5 rings (SSSR count). The van der Waals surface area contributed by atoms with Gasteiger partial charge < -0.3 is 9.88 Å². The van der Waals surface area contributed by atoms with Crippen molar-refractivity contribution in [2.75, 3.05) is 6.54 Å². The molecule has 0 unspecified atom stereocenters. The minimum Gasteiger partial charge on any atom is -0.351 e. The summed E-state index contributed by atoms with van der Waals surface area (Å²) in [5, 5.41) is 9.42. The van der Waals surface area contributed by atoms with E-state index < -0.39 is 0 Å². The summed E-state index contributed by atoms with van der Waals surface area (Å²) in [7, 11) is 0. The molecule has 0 atom stereocenters. The van der Waals surface area contributed by atoms with Crippen LogP contribution in [0.1, 0.15) is 16.1 Å². The number of imidazole rings is 1. The minimum absolute atomic E-state index is 0.0543. The van der Waals surface area contributed by atoms with Gasteiger partial charge in [-0.2, -0.15) is 5.10 Å². The van der Waals surface area contributed by atoms with Crippen molar-refractivity contribution in [2.24, 2.45) is 0 Å². The molecule has 0 saturated carbocycles. The van der Waals surface area contributed by atoms with E-state index in [9.17, 15) is 4.79 Å². The normalized spacial score (nSPS) is 11.1. The van der Waals surface area contributed by atoms with Gasteiger partial charge in [-0.05, 0) is 29.0 Å². The van der Waals surface area contributed by atoms with Crippen LogP contribution in [0.25, 0.3) is 27.9 Å². The molecular formula is C23H20N6OS. The van der Waals surface area contributed by atoms with Gasteiger partial charge in [0.2, 0.25) is 0 Å². The number of benzene rings is 1. The van der Waals surface area contributed by atoms with Crippen molar-refractivity contribution < 1.29 is 4.79 Å². The molecule has 4 heterocycles. The third-order valence-electron chi connectivity index (χ3n) is 5.04. The van der Waals surface area contributed by atoms with E-state index in [4.69, 9.17) is 0 Å². The first-order valence-electron chi connectivity index (χ1n) is 9.99. The number of thiophene rings is 1. The van der Waals surface area contributed by atoms with E-state index in [0.717, 1.165) is 40.9 Å². The highest BCUT2D eigenvalue weighted by Gasteiger charge is 2.12. The molecule has 0 saturated heterocycles. The fourth-order valence-corrected chi connectivity index (χ4v) is 4.25. The lowest BCUT2D eigenvalue weighted by Gasteiger charge is -2.04. The molecule has 0 radical (unpaired) electrons. The summed E-state index contributed by atoms with van der Waals surface area (Å²) in [6.45, 7) is 1.45. The first-order chi connectivity index (χ1) is 15.3. The van der Waals surface area contributed by atoms with Crippen molar-refractivity contribution in [3.05, 3.63) is 84.0 Å². The fraction of sp³-hybridized carbons (Fsp3) is 0.130. The maximum absolute atomic E-state index is 12.5. The summed E-state index contributed by atoms with van der Waals surface area (Å²) >= 11 is 1.43. The molecule has 154 valence electrons. The molecule has 0 aliphatic heterocycles. The number of carbonyl (C=O) groups is 1. The molecule has 4 aromatic heterocycles. The zero-order chi connectivity index (χ0) is 21.0. The van der Waals surface area contributed by atoms with Gasteiger partial charge in [0.25, 0.3) is 5.91 Å². The van der Waals surface area contributed by atoms with Crippen molar-refractivity contribution in [1.82, 2.24) is 29.5 Å². The largest absolute Gasteiger partial charge is 0.351 e. The summed E-state index contributed by atoms with van der Waals surface area (Å²) in [6.07, 6.45) is 11.9. The van der Waals surface area contributed by atoms with Crippen LogP contribution in [0.15, 0.2) is 79.1 Å². The Hall–Kier alpha value is -3.78. The Morgan fingerprint density at radius 1 is 1.10 bits per heavy atom. The van der Waals surface area contributed by atoms with Gasteiger partial charge in [-0.3, -0.25) is 4.79 Å². The first-order valence-corrected chi connectivity index (χ1v) is 10.9. The van der Waals surface area contributed by atoms with Gasteiger partial charge >= 0.3 is 0 Å². The van der Waals surface area contributed by atoms with Crippen LogP contribution in [0.2, 0.25) is 0 Å². The molecule has 0 fully saturated rings. The number of aromatic nitrogens is 5. The molecule has 8 heteroatoms. The van der Waals surface area contributed by atoms with Gasteiger partial charge in [-0.15, -0.1) is 11.3 Å². The molecule has 0 aliphatic carbocycles. The van der Waals surface area contributed by atoms with Crippen LogP contribution in [-0.4, -0.2) is 36.6 Å². The number of rotatable bonds is 7. The van der Waals surface area contributed by atoms with Crippen LogP contribution < -0.4 is 5.32 Å². The monoisotopic (exact) mass is 428 g/mol. The summed E-state index contributed by atoms with van der Waals surface area (Å²) in [5.74, 6) is -0.0543. The highest BCUT2D eigenvalue weighted by molar-refractivity contribution is 7.12. The predicted molar refractivity (Wildman–Crippen MR) is 121 cm³/mol. The highest BCUT2D eigenvalue weighted by atomic mass is 32.1. The van der Waals surface area contributed by atoms with Crippen LogP contribution in [0.3, 0.4) is 0 Å². The molecule has 1 N–H and O–H groups in total.